The first-order valence-electron chi connectivity index (χ1n) is 15.2. The van der Waals surface area contributed by atoms with Crippen molar-refractivity contribution in [1.29, 1.82) is 10.8 Å². The van der Waals surface area contributed by atoms with E-state index in [2.05, 4.69) is 115 Å². The van der Waals surface area contributed by atoms with Gasteiger partial charge in [0.15, 0.2) is 5.82 Å². The second-order valence-electron chi connectivity index (χ2n) is 11.4. The lowest BCUT2D eigenvalue weighted by Crippen LogP contribution is -2.16. The van der Waals surface area contributed by atoms with E-state index in [4.69, 9.17) is 20.8 Å². The Bertz CT molecular complexity index is 2240. The lowest BCUT2D eigenvalue weighted by molar-refractivity contribution is 1.18. The monoisotopic (exact) mass is 588 g/mol. The van der Waals surface area contributed by atoms with Crippen LogP contribution in [0.15, 0.2) is 152 Å². The second kappa shape index (κ2) is 11.3. The van der Waals surface area contributed by atoms with Gasteiger partial charge in [0.25, 0.3) is 0 Å². The van der Waals surface area contributed by atoms with E-state index in [1.807, 2.05) is 36.4 Å². The van der Waals surface area contributed by atoms with Crippen LogP contribution in [0.1, 0.15) is 11.1 Å². The van der Waals surface area contributed by atoms with Crippen LogP contribution in [-0.2, 0) is 0 Å². The van der Waals surface area contributed by atoms with Crippen molar-refractivity contribution in [3.63, 3.8) is 0 Å². The van der Waals surface area contributed by atoms with Gasteiger partial charge in [-0.15, -0.1) is 0 Å². The molecule has 0 unspecified atom stereocenters. The third kappa shape index (κ3) is 5.02. The smallest absolute Gasteiger partial charge is 0.160 e. The summed E-state index contributed by atoms with van der Waals surface area (Å²) >= 11 is 0. The van der Waals surface area contributed by atoms with Crippen molar-refractivity contribution in [2.24, 2.45) is 0 Å². The number of aromatic nitrogens is 2. The van der Waals surface area contributed by atoms with E-state index < -0.39 is 0 Å². The third-order valence-electron chi connectivity index (χ3n) is 8.52. The topological polar surface area (TPSA) is 73.5 Å². The molecular weight excluding hydrogens is 560 g/mol. The lowest BCUT2D eigenvalue weighted by atomic mass is 9.88. The van der Waals surface area contributed by atoms with Crippen LogP contribution in [0, 0.1) is 10.8 Å². The van der Waals surface area contributed by atoms with E-state index in [9.17, 15) is 0 Å². The summed E-state index contributed by atoms with van der Waals surface area (Å²) in [6.45, 7) is 0. The molecule has 0 saturated carbocycles. The number of nitrogens with zero attached hydrogens (tertiary/aromatic N) is 2. The number of benzene rings is 6. The van der Waals surface area contributed by atoms with Gasteiger partial charge in [-0.25, -0.2) is 9.97 Å². The molecule has 4 nitrogen and oxygen atoms in total. The first-order valence-corrected chi connectivity index (χ1v) is 15.2. The largest absolute Gasteiger partial charge is 0.299 e. The number of allylic oxidation sites excluding steroid dienone is 1. The van der Waals surface area contributed by atoms with Crippen LogP contribution in [0.5, 0.6) is 0 Å². The molecule has 0 spiro atoms. The van der Waals surface area contributed by atoms with Crippen molar-refractivity contribution in [2.45, 2.75) is 0 Å². The fraction of sp³-hybridized carbons (Fsp3) is 0. The molecule has 0 aliphatic heterocycles. The Hall–Kier alpha value is -6.26. The van der Waals surface area contributed by atoms with Gasteiger partial charge in [-0.05, 0) is 68.9 Å². The number of nitrogens with one attached hydrogen (secondary N) is 2. The van der Waals surface area contributed by atoms with Crippen LogP contribution >= 0.6 is 0 Å². The predicted molar refractivity (Wildman–Crippen MR) is 190 cm³/mol. The molecule has 216 valence electrons. The average molecular weight is 589 g/mol. The van der Waals surface area contributed by atoms with Gasteiger partial charge in [0, 0.05) is 22.3 Å². The third-order valence-corrected chi connectivity index (χ3v) is 8.52. The summed E-state index contributed by atoms with van der Waals surface area (Å²) in [4.78, 5) is 10.3. The molecule has 1 heterocycles. The Morgan fingerprint density at radius 3 is 1.63 bits per heavy atom. The first kappa shape index (κ1) is 27.3. The maximum absolute atomic E-state index is 8.71. The highest BCUT2D eigenvalue weighted by molar-refractivity contribution is 6.53. The molecule has 8 rings (SSSR count). The van der Waals surface area contributed by atoms with Crippen LogP contribution in [0.2, 0.25) is 0 Å². The zero-order chi connectivity index (χ0) is 31.0. The molecule has 6 aromatic carbocycles. The molecular formula is C42H28N4. The Labute approximate surface area is 267 Å². The fourth-order valence-electron chi connectivity index (χ4n) is 6.13. The molecule has 0 saturated heterocycles. The van der Waals surface area contributed by atoms with Gasteiger partial charge in [-0.3, -0.25) is 10.8 Å². The first-order chi connectivity index (χ1) is 22.6. The number of hydrogen-bond acceptors (Lipinski definition) is 4. The fourth-order valence-corrected chi connectivity index (χ4v) is 6.13. The summed E-state index contributed by atoms with van der Waals surface area (Å²) in [5.74, 6) is 0.642. The van der Waals surface area contributed by atoms with Gasteiger partial charge in [-0.2, -0.15) is 0 Å². The normalized spacial score (nSPS) is 12.3. The SMILES string of the molecule is N=C1C=Cc2ccc3ccc(-c4cc(-c5cccc(-c6ccccc6)c5)nc(-c5cccc(-c6ccccc6)c5)n4)cc3c2C1=N. The Kier molecular flexibility index (Phi) is 6.73. The van der Waals surface area contributed by atoms with Crippen molar-refractivity contribution in [1.82, 2.24) is 9.97 Å². The summed E-state index contributed by atoms with van der Waals surface area (Å²) in [5.41, 5.74) is 11.2. The Morgan fingerprint density at radius 2 is 0.957 bits per heavy atom. The highest BCUT2D eigenvalue weighted by Crippen LogP contribution is 2.34. The van der Waals surface area contributed by atoms with Gasteiger partial charge in [-0.1, -0.05) is 127 Å². The van der Waals surface area contributed by atoms with E-state index >= 15 is 0 Å². The molecule has 7 aromatic rings. The van der Waals surface area contributed by atoms with Gasteiger partial charge < -0.3 is 0 Å². The summed E-state index contributed by atoms with van der Waals surface area (Å²) in [6.07, 6.45) is 3.61. The highest BCUT2D eigenvalue weighted by atomic mass is 14.9. The van der Waals surface area contributed by atoms with E-state index in [-0.39, 0.29) is 11.4 Å². The molecule has 46 heavy (non-hydrogen) atoms. The molecule has 0 radical (unpaired) electrons. The Balaban J connectivity index is 1.32. The highest BCUT2D eigenvalue weighted by Gasteiger charge is 2.19. The number of rotatable bonds is 5. The van der Waals surface area contributed by atoms with E-state index in [0.717, 1.165) is 72.2 Å². The minimum atomic E-state index is 0.216. The van der Waals surface area contributed by atoms with Crippen LogP contribution < -0.4 is 0 Å². The summed E-state index contributed by atoms with van der Waals surface area (Å²) in [7, 11) is 0. The molecule has 0 fully saturated rings. The zero-order valence-corrected chi connectivity index (χ0v) is 24.9. The summed E-state index contributed by atoms with van der Waals surface area (Å²) < 4.78 is 0. The van der Waals surface area contributed by atoms with Crippen LogP contribution in [0.4, 0.5) is 0 Å². The maximum Gasteiger partial charge on any atom is 0.160 e. The quantitative estimate of drug-likeness (QED) is 0.210. The predicted octanol–water partition coefficient (Wildman–Crippen LogP) is 10.4. The van der Waals surface area contributed by atoms with E-state index in [1.165, 1.54) is 0 Å². The van der Waals surface area contributed by atoms with Crippen molar-refractivity contribution < 1.29 is 0 Å². The van der Waals surface area contributed by atoms with Gasteiger partial charge in [0.1, 0.15) is 0 Å². The average Bonchev–Trinajstić information content (AvgIpc) is 3.13. The van der Waals surface area contributed by atoms with Crippen molar-refractivity contribution in [3.8, 4) is 56.2 Å². The molecule has 1 aromatic heterocycles. The molecule has 0 bridgehead atoms. The van der Waals surface area contributed by atoms with Crippen LogP contribution in [0.3, 0.4) is 0 Å². The van der Waals surface area contributed by atoms with Gasteiger partial charge in [0.2, 0.25) is 0 Å². The van der Waals surface area contributed by atoms with Crippen LogP contribution in [0.25, 0.3) is 73.0 Å². The zero-order valence-electron chi connectivity index (χ0n) is 24.9. The molecule has 1 aliphatic rings. The molecule has 4 heteroatoms. The number of fused-ring (bicyclic) bond motifs is 3. The van der Waals surface area contributed by atoms with E-state index in [1.54, 1.807) is 6.08 Å². The van der Waals surface area contributed by atoms with Crippen molar-refractivity contribution >= 4 is 28.3 Å². The minimum Gasteiger partial charge on any atom is -0.299 e. The molecule has 1 aliphatic carbocycles. The molecule has 0 amide bonds. The summed E-state index contributed by atoms with van der Waals surface area (Å²) in [5, 5.41) is 19.0. The second-order valence-corrected chi connectivity index (χ2v) is 11.4. The summed E-state index contributed by atoms with van der Waals surface area (Å²) in [6, 6.07) is 50.0. The van der Waals surface area contributed by atoms with Gasteiger partial charge in [0.05, 0.1) is 22.8 Å². The maximum atomic E-state index is 8.71. The Morgan fingerprint density at radius 1 is 0.413 bits per heavy atom. The van der Waals surface area contributed by atoms with Crippen LogP contribution in [-0.4, -0.2) is 21.4 Å². The van der Waals surface area contributed by atoms with E-state index in [0.29, 0.717) is 5.82 Å². The number of hydrogen-bond donors (Lipinski definition) is 2. The minimum absolute atomic E-state index is 0.216. The van der Waals surface area contributed by atoms with Crippen molar-refractivity contribution in [2.75, 3.05) is 0 Å². The molecule has 0 atom stereocenters. The molecule has 2 N–H and O–H groups in total. The van der Waals surface area contributed by atoms with Gasteiger partial charge >= 0.3 is 0 Å². The lowest BCUT2D eigenvalue weighted by Gasteiger charge is -2.16. The standard InChI is InChI=1S/C42H28N4/c43-37-22-21-30-19-17-29-18-20-34(25-36(29)40(30)41(37)44)39-26-38(33-15-7-13-31(23-33)27-9-3-1-4-10-27)45-42(46-39)35-16-8-14-32(24-35)28-11-5-2-6-12-28/h1-26,43-44H. The van der Waals surface area contributed by atoms with Crippen molar-refractivity contribution in [3.05, 3.63) is 163 Å².